The van der Waals surface area contributed by atoms with Crippen molar-refractivity contribution in [1.29, 1.82) is 0 Å². The highest BCUT2D eigenvalue weighted by molar-refractivity contribution is 7.98. The van der Waals surface area contributed by atoms with E-state index in [0.717, 1.165) is 5.75 Å². The van der Waals surface area contributed by atoms with Gasteiger partial charge in [0.15, 0.2) is 0 Å². The van der Waals surface area contributed by atoms with Crippen LogP contribution in [0.5, 0.6) is 5.75 Å². The van der Waals surface area contributed by atoms with Gasteiger partial charge in [-0.15, -0.1) is 0 Å². The van der Waals surface area contributed by atoms with Gasteiger partial charge in [-0.2, -0.15) is 11.8 Å². The van der Waals surface area contributed by atoms with E-state index in [0.29, 0.717) is 11.8 Å². The van der Waals surface area contributed by atoms with E-state index < -0.39 is 0 Å². The van der Waals surface area contributed by atoms with Crippen molar-refractivity contribution in [3.63, 3.8) is 0 Å². The molecule has 1 atom stereocenters. The Morgan fingerprint density at radius 1 is 1.46 bits per heavy atom. The van der Waals surface area contributed by atoms with Crippen LogP contribution in [0.4, 0.5) is 0 Å². The van der Waals surface area contributed by atoms with Gasteiger partial charge in [0.2, 0.25) is 0 Å². The molecule has 0 fully saturated rings. The molecule has 1 aromatic rings. The fourth-order valence-electron chi connectivity index (χ4n) is 1.28. The van der Waals surface area contributed by atoms with E-state index in [1.807, 2.05) is 18.2 Å². The molecule has 0 aliphatic heterocycles. The van der Waals surface area contributed by atoms with Gasteiger partial charge >= 0.3 is 0 Å². The molecule has 3 heteroatoms. The maximum Gasteiger partial charge on any atom is 0.123 e. The van der Waals surface area contributed by atoms with Crippen molar-refractivity contribution < 1.29 is 4.74 Å². The zero-order valence-corrected chi connectivity index (χ0v) is 8.80. The summed E-state index contributed by atoms with van der Waals surface area (Å²) in [5.41, 5.74) is 6.84. The average molecular weight is 197 g/mol. The van der Waals surface area contributed by atoms with E-state index in [1.165, 1.54) is 5.56 Å². The second-order valence-corrected chi connectivity index (χ2v) is 3.74. The smallest absolute Gasteiger partial charge is 0.123 e. The van der Waals surface area contributed by atoms with Crippen molar-refractivity contribution >= 4 is 11.8 Å². The van der Waals surface area contributed by atoms with Crippen LogP contribution in [-0.2, 0) is 0 Å². The second-order valence-electron chi connectivity index (χ2n) is 2.70. The van der Waals surface area contributed by atoms with Crippen LogP contribution in [0.25, 0.3) is 0 Å². The summed E-state index contributed by atoms with van der Waals surface area (Å²) in [5.74, 6) is 0.923. The molecular weight excluding hydrogens is 182 g/mol. The molecular formula is C10H15NOS. The first-order valence-corrected chi connectivity index (χ1v) is 5.48. The van der Waals surface area contributed by atoms with Gasteiger partial charge in [-0.25, -0.2) is 0 Å². The molecule has 0 radical (unpaired) electrons. The molecule has 0 amide bonds. The van der Waals surface area contributed by atoms with Gasteiger partial charge in [0.1, 0.15) is 5.75 Å². The average Bonchev–Trinajstić information content (AvgIpc) is 2.20. The standard InChI is InChI=1S/C10H15NOS/c1-12-9-6-4-3-5-8(9)10(7-11)13-2/h3-6,10H,7,11H2,1-2H3. The predicted octanol–water partition coefficient (Wildman–Crippen LogP) is 2.06. The first-order chi connectivity index (χ1) is 6.33. The van der Waals surface area contributed by atoms with Crippen molar-refractivity contribution in [2.75, 3.05) is 19.9 Å². The molecule has 2 nitrogen and oxygen atoms in total. The molecule has 0 aliphatic rings. The van der Waals surface area contributed by atoms with Gasteiger partial charge in [-0.1, -0.05) is 18.2 Å². The lowest BCUT2D eigenvalue weighted by Gasteiger charge is -2.15. The number of nitrogens with two attached hydrogens (primary N) is 1. The van der Waals surface area contributed by atoms with Crippen LogP contribution in [0.2, 0.25) is 0 Å². The highest BCUT2D eigenvalue weighted by Crippen LogP contribution is 2.32. The van der Waals surface area contributed by atoms with Crippen LogP contribution in [0.15, 0.2) is 24.3 Å². The molecule has 0 heterocycles. The van der Waals surface area contributed by atoms with Crippen molar-refractivity contribution in [3.05, 3.63) is 29.8 Å². The summed E-state index contributed by atoms with van der Waals surface area (Å²) >= 11 is 1.75. The summed E-state index contributed by atoms with van der Waals surface area (Å²) in [6, 6.07) is 8.01. The van der Waals surface area contributed by atoms with Gasteiger partial charge in [-0.05, 0) is 12.3 Å². The molecule has 0 saturated carbocycles. The Bertz CT molecular complexity index is 261. The maximum absolute atomic E-state index is 5.66. The highest BCUT2D eigenvalue weighted by atomic mass is 32.2. The Labute approximate surface area is 83.5 Å². The molecule has 0 saturated heterocycles. The zero-order chi connectivity index (χ0) is 9.68. The number of para-hydroxylation sites is 1. The summed E-state index contributed by atoms with van der Waals surface area (Å²) in [4.78, 5) is 0. The van der Waals surface area contributed by atoms with Crippen molar-refractivity contribution in [2.24, 2.45) is 5.73 Å². The topological polar surface area (TPSA) is 35.2 Å². The third-order valence-electron chi connectivity index (χ3n) is 1.98. The molecule has 0 bridgehead atoms. The monoisotopic (exact) mass is 197 g/mol. The molecule has 1 rings (SSSR count). The first-order valence-electron chi connectivity index (χ1n) is 4.19. The number of methoxy groups -OCH3 is 1. The van der Waals surface area contributed by atoms with E-state index in [4.69, 9.17) is 10.5 Å². The normalized spacial score (nSPS) is 12.5. The van der Waals surface area contributed by atoms with Gasteiger partial charge in [0.25, 0.3) is 0 Å². The fraction of sp³-hybridized carbons (Fsp3) is 0.400. The van der Waals surface area contributed by atoms with Crippen molar-refractivity contribution in [2.45, 2.75) is 5.25 Å². The molecule has 0 aliphatic carbocycles. The Balaban J connectivity index is 2.96. The fourth-order valence-corrected chi connectivity index (χ4v) is 1.92. The summed E-state index contributed by atoms with van der Waals surface area (Å²) in [7, 11) is 1.69. The molecule has 0 spiro atoms. The Kier molecular flexibility index (Phi) is 4.12. The lowest BCUT2D eigenvalue weighted by molar-refractivity contribution is 0.409. The summed E-state index contributed by atoms with van der Waals surface area (Å²) in [6.07, 6.45) is 2.06. The van der Waals surface area contributed by atoms with Crippen LogP contribution < -0.4 is 10.5 Å². The molecule has 0 aromatic heterocycles. The zero-order valence-electron chi connectivity index (χ0n) is 7.99. The van der Waals surface area contributed by atoms with Gasteiger partial charge in [0, 0.05) is 17.4 Å². The summed E-state index contributed by atoms with van der Waals surface area (Å²) in [5, 5.41) is 0.330. The summed E-state index contributed by atoms with van der Waals surface area (Å²) < 4.78 is 5.26. The third-order valence-corrected chi connectivity index (χ3v) is 3.00. The van der Waals surface area contributed by atoms with Crippen LogP contribution in [0.3, 0.4) is 0 Å². The van der Waals surface area contributed by atoms with Crippen LogP contribution in [-0.4, -0.2) is 19.9 Å². The second kappa shape index (κ2) is 5.14. The minimum Gasteiger partial charge on any atom is -0.496 e. The number of benzene rings is 1. The van der Waals surface area contributed by atoms with E-state index in [1.54, 1.807) is 18.9 Å². The lowest BCUT2D eigenvalue weighted by atomic mass is 10.1. The first kappa shape index (κ1) is 10.4. The number of hydrogen-bond acceptors (Lipinski definition) is 3. The number of thioether (sulfide) groups is 1. The van der Waals surface area contributed by atoms with E-state index in [-0.39, 0.29) is 0 Å². The van der Waals surface area contributed by atoms with Crippen LogP contribution in [0.1, 0.15) is 10.8 Å². The molecule has 2 N–H and O–H groups in total. The van der Waals surface area contributed by atoms with Gasteiger partial charge < -0.3 is 10.5 Å². The Morgan fingerprint density at radius 3 is 2.69 bits per heavy atom. The molecule has 13 heavy (non-hydrogen) atoms. The Morgan fingerprint density at radius 2 is 2.15 bits per heavy atom. The molecule has 1 aromatic carbocycles. The maximum atomic E-state index is 5.66. The van der Waals surface area contributed by atoms with E-state index in [2.05, 4.69) is 12.3 Å². The predicted molar refractivity (Wildman–Crippen MR) is 58.3 cm³/mol. The third kappa shape index (κ3) is 2.39. The van der Waals surface area contributed by atoms with Crippen LogP contribution in [0, 0.1) is 0 Å². The van der Waals surface area contributed by atoms with E-state index >= 15 is 0 Å². The number of ether oxygens (including phenoxy) is 1. The molecule has 1 unspecified atom stereocenters. The van der Waals surface area contributed by atoms with Crippen LogP contribution >= 0.6 is 11.8 Å². The number of rotatable bonds is 4. The van der Waals surface area contributed by atoms with Gasteiger partial charge in [0.05, 0.1) is 7.11 Å². The van der Waals surface area contributed by atoms with E-state index in [9.17, 15) is 0 Å². The van der Waals surface area contributed by atoms with Gasteiger partial charge in [-0.3, -0.25) is 0 Å². The number of hydrogen-bond donors (Lipinski definition) is 1. The minimum atomic E-state index is 0.330. The highest BCUT2D eigenvalue weighted by Gasteiger charge is 2.11. The quantitative estimate of drug-likeness (QED) is 0.802. The lowest BCUT2D eigenvalue weighted by Crippen LogP contribution is -2.09. The Hall–Kier alpha value is -0.670. The minimum absolute atomic E-state index is 0.330. The summed E-state index contributed by atoms with van der Waals surface area (Å²) in [6.45, 7) is 0.640. The molecule has 72 valence electrons. The SMILES string of the molecule is COc1ccccc1C(CN)SC. The largest absolute Gasteiger partial charge is 0.496 e. The van der Waals surface area contributed by atoms with Crippen molar-refractivity contribution in [1.82, 2.24) is 0 Å². The van der Waals surface area contributed by atoms with Crippen molar-refractivity contribution in [3.8, 4) is 5.75 Å².